The average molecular weight is 388 g/mol. The van der Waals surface area contributed by atoms with Gasteiger partial charge < -0.3 is 10.6 Å². The molecule has 0 aliphatic carbocycles. The Labute approximate surface area is 166 Å². The van der Waals surface area contributed by atoms with Gasteiger partial charge in [-0.15, -0.1) is 0 Å². The van der Waals surface area contributed by atoms with Gasteiger partial charge in [0.05, 0.1) is 17.0 Å². The van der Waals surface area contributed by atoms with Gasteiger partial charge in [0.25, 0.3) is 5.91 Å². The van der Waals surface area contributed by atoms with Crippen LogP contribution in [0.4, 0.5) is 11.4 Å². The van der Waals surface area contributed by atoms with E-state index in [1.807, 2.05) is 55.6 Å². The van der Waals surface area contributed by atoms with Crippen molar-refractivity contribution in [1.82, 2.24) is 10.3 Å². The number of aryl methyl sites for hydroxylation is 1. The second-order valence-electron chi connectivity index (χ2n) is 6.70. The minimum absolute atomic E-state index is 0.154. The fourth-order valence-electron chi connectivity index (χ4n) is 3.04. The number of carbonyl (C=O) groups is 1. The van der Waals surface area contributed by atoms with Crippen molar-refractivity contribution < 1.29 is 4.79 Å². The van der Waals surface area contributed by atoms with Gasteiger partial charge in [-0.1, -0.05) is 38.9 Å². The Morgan fingerprint density at radius 2 is 2.00 bits per heavy atom. The Kier molecular flexibility index (Phi) is 5.56. The summed E-state index contributed by atoms with van der Waals surface area (Å²) in [4.78, 5) is 21.0. The van der Waals surface area contributed by atoms with Gasteiger partial charge in [-0.25, -0.2) is 0 Å². The number of carbonyl (C=O) groups excluding carboxylic acids is 1. The van der Waals surface area contributed by atoms with Crippen LogP contribution in [0.25, 0.3) is 0 Å². The maximum atomic E-state index is 12.4. The molecule has 6 heteroatoms. The second kappa shape index (κ2) is 8.42. The fraction of sp³-hybridized carbons (Fsp3) is 0.136. The van der Waals surface area contributed by atoms with Crippen molar-refractivity contribution in [2.45, 2.75) is 19.3 Å². The third kappa shape index (κ3) is 4.50. The van der Waals surface area contributed by atoms with Crippen LogP contribution in [0.1, 0.15) is 21.5 Å². The summed E-state index contributed by atoms with van der Waals surface area (Å²) in [6, 6.07) is 18.0. The van der Waals surface area contributed by atoms with Crippen LogP contribution in [0.15, 0.2) is 72.0 Å². The maximum absolute atomic E-state index is 12.4. The first-order valence-electron chi connectivity index (χ1n) is 9.12. The monoisotopic (exact) mass is 388 g/mol. The number of aromatic nitrogens is 1. The van der Waals surface area contributed by atoms with E-state index < -0.39 is 0 Å². The van der Waals surface area contributed by atoms with Gasteiger partial charge in [0, 0.05) is 36.1 Å². The van der Waals surface area contributed by atoms with Crippen LogP contribution < -0.4 is 15.9 Å². The van der Waals surface area contributed by atoms with E-state index in [2.05, 4.69) is 32.7 Å². The van der Waals surface area contributed by atoms with Crippen molar-refractivity contribution in [2.24, 2.45) is 4.99 Å². The van der Waals surface area contributed by atoms with Gasteiger partial charge in [0.2, 0.25) is 0 Å². The predicted octanol–water partition coefficient (Wildman–Crippen LogP) is 3.78. The van der Waals surface area contributed by atoms with E-state index in [1.54, 1.807) is 12.4 Å². The molecule has 1 aromatic heterocycles. The van der Waals surface area contributed by atoms with Crippen LogP contribution in [-0.4, -0.2) is 22.9 Å². The molecule has 1 aliphatic heterocycles. The lowest BCUT2D eigenvalue weighted by atomic mass is 10.1. The van der Waals surface area contributed by atoms with Crippen LogP contribution in [0, 0.1) is 6.92 Å². The Balaban J connectivity index is 1.37. The molecule has 1 aliphatic rings. The molecule has 5 nitrogen and oxygen atoms in total. The first-order valence-corrected chi connectivity index (χ1v) is 10.2. The van der Waals surface area contributed by atoms with Crippen LogP contribution in [0.5, 0.6) is 0 Å². The zero-order valence-electron chi connectivity index (χ0n) is 15.5. The molecule has 2 atom stereocenters. The topological polar surface area (TPSA) is 66.4 Å². The van der Waals surface area contributed by atoms with Gasteiger partial charge in [-0.2, -0.15) is 0 Å². The van der Waals surface area contributed by atoms with E-state index in [0.717, 1.165) is 22.5 Å². The average Bonchev–Trinajstić information content (AvgIpc) is 2.72. The normalized spacial score (nSPS) is 16.0. The molecule has 0 spiro atoms. The van der Waals surface area contributed by atoms with Crippen molar-refractivity contribution in [3.63, 3.8) is 0 Å². The number of nitrogens with one attached hydrogen (secondary N) is 2. The number of nitrogens with zero attached hydrogens (tertiary/aromatic N) is 2. The summed E-state index contributed by atoms with van der Waals surface area (Å²) < 4.78 is 0. The van der Waals surface area contributed by atoms with Crippen molar-refractivity contribution in [2.75, 3.05) is 5.32 Å². The Hall–Kier alpha value is -2.88. The second-order valence-corrected chi connectivity index (χ2v) is 8.15. The lowest BCUT2D eigenvalue weighted by molar-refractivity contribution is 0.102. The number of anilines is 1. The standard InChI is InChI=1S/C22H21N4OP/c1-15-9-17(13-23-11-15)22(27)26-18-6-4-5-16(10-18)12-25-21-14-24-19-7-2-3-8-20(19)28-21/h2-11,13-14,21,25,28H,12H2,1H3,(H,26,27). The minimum atomic E-state index is -0.154. The molecule has 2 aromatic carbocycles. The summed E-state index contributed by atoms with van der Waals surface area (Å²) in [6.07, 6.45) is 5.29. The SMILES string of the molecule is Cc1cncc(C(=O)Nc2cccc(CNC3C=Nc4ccccc4P3)c2)c1. The highest BCUT2D eigenvalue weighted by atomic mass is 31.1. The molecule has 2 N–H and O–H groups in total. The minimum Gasteiger partial charge on any atom is -0.322 e. The number of hydrogen-bond donors (Lipinski definition) is 2. The Bertz CT molecular complexity index is 1030. The highest BCUT2D eigenvalue weighted by Crippen LogP contribution is 2.27. The lowest BCUT2D eigenvalue weighted by Gasteiger charge is -2.20. The van der Waals surface area contributed by atoms with Gasteiger partial charge in [0.15, 0.2) is 0 Å². The zero-order valence-corrected chi connectivity index (χ0v) is 16.5. The van der Waals surface area contributed by atoms with E-state index in [4.69, 9.17) is 0 Å². The number of benzene rings is 2. The van der Waals surface area contributed by atoms with Crippen molar-refractivity contribution in [1.29, 1.82) is 0 Å². The molecule has 1 amide bonds. The highest BCUT2D eigenvalue weighted by molar-refractivity contribution is 7.49. The Morgan fingerprint density at radius 1 is 1.11 bits per heavy atom. The summed E-state index contributed by atoms with van der Waals surface area (Å²) in [5, 5.41) is 7.77. The fourth-order valence-corrected chi connectivity index (χ4v) is 4.22. The number of para-hydroxylation sites is 1. The van der Waals surface area contributed by atoms with E-state index in [9.17, 15) is 4.79 Å². The van der Waals surface area contributed by atoms with E-state index in [1.165, 1.54) is 5.30 Å². The number of fused-ring (bicyclic) bond motifs is 1. The van der Waals surface area contributed by atoms with Crippen LogP contribution in [0.2, 0.25) is 0 Å². The third-order valence-corrected chi connectivity index (χ3v) is 5.82. The Morgan fingerprint density at radius 3 is 2.89 bits per heavy atom. The smallest absolute Gasteiger partial charge is 0.257 e. The van der Waals surface area contributed by atoms with Crippen LogP contribution in [-0.2, 0) is 6.54 Å². The molecule has 4 rings (SSSR count). The molecule has 3 aromatic rings. The number of rotatable bonds is 5. The van der Waals surface area contributed by atoms with Crippen LogP contribution in [0.3, 0.4) is 0 Å². The number of aliphatic imine (C=N–C) groups is 1. The van der Waals surface area contributed by atoms with Gasteiger partial charge >= 0.3 is 0 Å². The molecule has 2 heterocycles. The van der Waals surface area contributed by atoms with Crippen molar-refractivity contribution >= 4 is 37.4 Å². The first-order chi connectivity index (χ1) is 13.7. The number of hydrogen-bond acceptors (Lipinski definition) is 4. The molecule has 28 heavy (non-hydrogen) atoms. The third-order valence-electron chi connectivity index (χ3n) is 4.43. The summed E-state index contributed by atoms with van der Waals surface area (Å²) in [5.41, 5.74) is 4.46. The molecule has 2 unspecified atom stereocenters. The first kappa shape index (κ1) is 18.5. The summed E-state index contributed by atoms with van der Waals surface area (Å²) in [6.45, 7) is 2.63. The van der Waals surface area contributed by atoms with E-state index >= 15 is 0 Å². The van der Waals surface area contributed by atoms with Crippen LogP contribution >= 0.6 is 8.58 Å². The molecule has 0 radical (unpaired) electrons. The van der Waals surface area contributed by atoms with Gasteiger partial charge in [0.1, 0.15) is 0 Å². The van der Waals surface area contributed by atoms with Gasteiger partial charge in [-0.05, 0) is 42.3 Å². The molecule has 0 bridgehead atoms. The van der Waals surface area contributed by atoms with E-state index in [0.29, 0.717) is 20.7 Å². The molecular formula is C22H21N4OP. The van der Waals surface area contributed by atoms with Crippen molar-refractivity contribution in [3.8, 4) is 0 Å². The molecule has 0 fully saturated rings. The summed E-state index contributed by atoms with van der Waals surface area (Å²) in [7, 11) is 0.652. The predicted molar refractivity (Wildman–Crippen MR) is 117 cm³/mol. The largest absolute Gasteiger partial charge is 0.322 e. The molecule has 0 saturated heterocycles. The number of amides is 1. The molecule has 140 valence electrons. The number of pyridine rings is 1. The lowest BCUT2D eigenvalue weighted by Crippen LogP contribution is -2.29. The maximum Gasteiger partial charge on any atom is 0.257 e. The summed E-state index contributed by atoms with van der Waals surface area (Å²) >= 11 is 0. The zero-order chi connectivity index (χ0) is 19.3. The van der Waals surface area contributed by atoms with E-state index in [-0.39, 0.29) is 11.7 Å². The van der Waals surface area contributed by atoms with Crippen molar-refractivity contribution in [3.05, 3.63) is 83.7 Å². The quantitative estimate of drug-likeness (QED) is 0.654. The highest BCUT2D eigenvalue weighted by Gasteiger charge is 2.14. The summed E-state index contributed by atoms with van der Waals surface area (Å²) in [5.74, 6) is 0.0744. The molecular weight excluding hydrogens is 367 g/mol. The van der Waals surface area contributed by atoms with Gasteiger partial charge in [-0.3, -0.25) is 14.8 Å². The molecule has 0 saturated carbocycles.